The lowest BCUT2D eigenvalue weighted by atomic mass is 10.2. The molecule has 0 aromatic carbocycles. The monoisotopic (exact) mass is 195 g/mol. The second kappa shape index (κ2) is 4.78. The van der Waals surface area contributed by atoms with Crippen LogP contribution < -0.4 is 5.73 Å². The number of amidine groups is 1. The summed E-state index contributed by atoms with van der Waals surface area (Å²) in [6.45, 7) is 3.32. The Hall–Kier alpha value is -0.570. The van der Waals surface area contributed by atoms with Crippen LogP contribution in [0.2, 0.25) is 0 Å². The molecule has 1 heterocycles. The molecule has 0 bridgehead atoms. The summed E-state index contributed by atoms with van der Waals surface area (Å²) < 4.78 is 0. The van der Waals surface area contributed by atoms with Crippen molar-refractivity contribution in [3.63, 3.8) is 0 Å². The van der Waals surface area contributed by atoms with Crippen LogP contribution >= 0.6 is 0 Å². The van der Waals surface area contributed by atoms with E-state index < -0.39 is 0 Å². The van der Waals surface area contributed by atoms with E-state index in [1.807, 2.05) is 0 Å². The van der Waals surface area contributed by atoms with Crippen molar-refractivity contribution < 1.29 is 0 Å². The van der Waals surface area contributed by atoms with E-state index in [2.05, 4.69) is 9.89 Å². The molecule has 3 heteroatoms. The van der Waals surface area contributed by atoms with E-state index in [9.17, 15) is 0 Å². The minimum absolute atomic E-state index is 0.571. The molecule has 0 unspecified atom stereocenters. The summed E-state index contributed by atoms with van der Waals surface area (Å²) in [6.07, 6.45) is 7.93. The Morgan fingerprint density at radius 3 is 2.36 bits per heavy atom. The fraction of sp³-hybridized carbons (Fsp3) is 0.909. The van der Waals surface area contributed by atoms with Gasteiger partial charge >= 0.3 is 0 Å². The van der Waals surface area contributed by atoms with Crippen LogP contribution in [0, 0.1) is 0 Å². The van der Waals surface area contributed by atoms with Crippen LogP contribution in [0.4, 0.5) is 0 Å². The molecule has 80 valence electrons. The van der Waals surface area contributed by atoms with Gasteiger partial charge in [-0.05, 0) is 38.8 Å². The van der Waals surface area contributed by atoms with Crippen LogP contribution in [0.15, 0.2) is 4.99 Å². The van der Waals surface area contributed by atoms with Gasteiger partial charge in [0.25, 0.3) is 0 Å². The predicted molar refractivity (Wildman–Crippen MR) is 59.6 cm³/mol. The zero-order valence-electron chi connectivity index (χ0n) is 8.91. The highest BCUT2D eigenvalue weighted by molar-refractivity contribution is 5.82. The molecule has 0 spiro atoms. The first-order valence-electron chi connectivity index (χ1n) is 5.89. The highest BCUT2D eigenvalue weighted by Gasteiger charge is 2.20. The first kappa shape index (κ1) is 9.97. The Bertz CT molecular complexity index is 201. The van der Waals surface area contributed by atoms with Gasteiger partial charge in [-0.2, -0.15) is 0 Å². The molecule has 0 amide bonds. The number of nitrogens with zero attached hydrogens (tertiary/aromatic N) is 2. The van der Waals surface area contributed by atoms with Gasteiger partial charge in [-0.15, -0.1) is 0 Å². The summed E-state index contributed by atoms with van der Waals surface area (Å²) in [5.41, 5.74) is 5.90. The van der Waals surface area contributed by atoms with Crippen LogP contribution in [0.1, 0.15) is 38.5 Å². The van der Waals surface area contributed by atoms with Crippen molar-refractivity contribution in [3.8, 4) is 0 Å². The Labute approximate surface area is 86.4 Å². The van der Waals surface area contributed by atoms with Crippen molar-refractivity contribution in [2.45, 2.75) is 44.6 Å². The van der Waals surface area contributed by atoms with Gasteiger partial charge in [0.2, 0.25) is 0 Å². The van der Waals surface area contributed by atoms with E-state index in [0.717, 1.165) is 12.4 Å². The molecule has 0 aromatic heterocycles. The highest BCUT2D eigenvalue weighted by atomic mass is 15.1. The largest absolute Gasteiger partial charge is 0.386 e. The standard InChI is InChI=1S/C11H21N3/c12-11(13-10-5-6-10)9-14-7-3-1-2-4-8-14/h10H,1-9H2,(H2,12,13). The Morgan fingerprint density at radius 1 is 1.14 bits per heavy atom. The number of hydrogen-bond acceptors (Lipinski definition) is 2. The van der Waals surface area contributed by atoms with Gasteiger partial charge in [-0.1, -0.05) is 12.8 Å². The molecular weight excluding hydrogens is 174 g/mol. The lowest BCUT2D eigenvalue weighted by Gasteiger charge is -2.18. The minimum atomic E-state index is 0.571. The second-order valence-electron chi connectivity index (χ2n) is 4.54. The van der Waals surface area contributed by atoms with Gasteiger partial charge in [-0.3, -0.25) is 9.89 Å². The number of likely N-dealkylation sites (tertiary alicyclic amines) is 1. The second-order valence-corrected chi connectivity index (χ2v) is 4.54. The summed E-state index contributed by atoms with van der Waals surface area (Å²) in [7, 11) is 0. The Balaban J connectivity index is 1.76. The predicted octanol–water partition coefficient (Wildman–Crippen LogP) is 1.38. The Morgan fingerprint density at radius 2 is 1.79 bits per heavy atom. The first-order chi connectivity index (χ1) is 6.84. The van der Waals surface area contributed by atoms with Crippen LogP contribution in [0.3, 0.4) is 0 Å². The van der Waals surface area contributed by atoms with E-state index >= 15 is 0 Å². The van der Waals surface area contributed by atoms with Gasteiger partial charge in [0.05, 0.1) is 12.6 Å². The SMILES string of the molecule is NC(CN1CCCCCC1)=NC1CC1. The van der Waals surface area contributed by atoms with Gasteiger partial charge < -0.3 is 5.73 Å². The normalized spacial score (nSPS) is 26.1. The van der Waals surface area contributed by atoms with Gasteiger partial charge in [-0.25, -0.2) is 0 Å². The maximum Gasteiger partial charge on any atom is 0.108 e. The summed E-state index contributed by atoms with van der Waals surface area (Å²) in [4.78, 5) is 6.92. The van der Waals surface area contributed by atoms with Crippen LogP contribution in [0.25, 0.3) is 0 Å². The van der Waals surface area contributed by atoms with Crippen LogP contribution in [-0.4, -0.2) is 36.4 Å². The number of rotatable bonds is 3. The van der Waals surface area contributed by atoms with Gasteiger partial charge in [0.15, 0.2) is 0 Å². The minimum Gasteiger partial charge on any atom is -0.386 e. The molecule has 1 saturated heterocycles. The smallest absolute Gasteiger partial charge is 0.108 e. The van der Waals surface area contributed by atoms with Crippen LogP contribution in [0.5, 0.6) is 0 Å². The molecule has 3 nitrogen and oxygen atoms in total. The van der Waals surface area contributed by atoms with E-state index in [0.29, 0.717) is 6.04 Å². The molecule has 1 aliphatic heterocycles. The molecule has 2 aliphatic rings. The van der Waals surface area contributed by atoms with Crippen molar-refractivity contribution >= 4 is 5.84 Å². The van der Waals surface area contributed by atoms with Crippen LogP contribution in [-0.2, 0) is 0 Å². The van der Waals surface area contributed by atoms with Crippen molar-refractivity contribution in [2.75, 3.05) is 19.6 Å². The highest BCUT2D eigenvalue weighted by Crippen LogP contribution is 2.23. The molecular formula is C11H21N3. The molecule has 2 fully saturated rings. The van der Waals surface area contributed by atoms with E-state index in [1.165, 1.54) is 51.6 Å². The molecule has 0 atom stereocenters. The van der Waals surface area contributed by atoms with Crippen molar-refractivity contribution in [3.05, 3.63) is 0 Å². The topological polar surface area (TPSA) is 41.6 Å². The summed E-state index contributed by atoms with van der Waals surface area (Å²) in [6, 6.07) is 0.571. The van der Waals surface area contributed by atoms with E-state index in [4.69, 9.17) is 5.73 Å². The van der Waals surface area contributed by atoms with Crippen molar-refractivity contribution in [2.24, 2.45) is 10.7 Å². The maximum atomic E-state index is 5.90. The lowest BCUT2D eigenvalue weighted by molar-refractivity contribution is 0.324. The van der Waals surface area contributed by atoms with E-state index in [1.54, 1.807) is 0 Å². The first-order valence-corrected chi connectivity index (χ1v) is 5.89. The number of aliphatic imine (C=N–C) groups is 1. The lowest BCUT2D eigenvalue weighted by Crippen LogP contribution is -2.34. The average Bonchev–Trinajstić information content (AvgIpc) is 2.93. The fourth-order valence-corrected chi connectivity index (χ4v) is 2.00. The quantitative estimate of drug-likeness (QED) is 0.546. The molecule has 2 N–H and O–H groups in total. The average molecular weight is 195 g/mol. The van der Waals surface area contributed by atoms with Crippen molar-refractivity contribution in [1.82, 2.24) is 4.90 Å². The fourth-order valence-electron chi connectivity index (χ4n) is 2.00. The zero-order valence-corrected chi connectivity index (χ0v) is 8.91. The molecule has 2 rings (SSSR count). The van der Waals surface area contributed by atoms with Crippen molar-refractivity contribution in [1.29, 1.82) is 0 Å². The third-order valence-corrected chi connectivity index (χ3v) is 2.98. The molecule has 0 radical (unpaired) electrons. The van der Waals surface area contributed by atoms with Gasteiger partial charge in [0, 0.05) is 0 Å². The maximum absolute atomic E-state index is 5.90. The third-order valence-electron chi connectivity index (χ3n) is 2.98. The molecule has 0 aromatic rings. The zero-order chi connectivity index (χ0) is 9.80. The molecule has 14 heavy (non-hydrogen) atoms. The van der Waals surface area contributed by atoms with E-state index in [-0.39, 0.29) is 0 Å². The summed E-state index contributed by atoms with van der Waals surface area (Å²) >= 11 is 0. The summed E-state index contributed by atoms with van der Waals surface area (Å²) in [5.74, 6) is 0.856. The molecule has 1 saturated carbocycles. The third kappa shape index (κ3) is 3.29. The summed E-state index contributed by atoms with van der Waals surface area (Å²) in [5, 5.41) is 0. The number of hydrogen-bond donors (Lipinski definition) is 1. The Kier molecular flexibility index (Phi) is 3.40. The van der Waals surface area contributed by atoms with Gasteiger partial charge in [0.1, 0.15) is 5.84 Å². The molecule has 1 aliphatic carbocycles. The number of nitrogens with two attached hydrogens (primary N) is 1.